The summed E-state index contributed by atoms with van der Waals surface area (Å²) in [5, 5.41) is 11.0. The van der Waals surface area contributed by atoms with E-state index in [0.29, 0.717) is 39.9 Å². The van der Waals surface area contributed by atoms with E-state index in [-0.39, 0.29) is 17.5 Å². The lowest BCUT2D eigenvalue weighted by atomic mass is 10.1. The molecule has 1 saturated carbocycles. The minimum absolute atomic E-state index is 0.168. The van der Waals surface area contributed by atoms with Gasteiger partial charge in [-0.1, -0.05) is 12.1 Å². The first-order valence-corrected chi connectivity index (χ1v) is 11.3. The number of aryl methyl sites for hydroxylation is 1. The first-order valence-electron chi connectivity index (χ1n) is 11.3. The molecule has 9 heteroatoms. The van der Waals surface area contributed by atoms with Crippen LogP contribution >= 0.6 is 0 Å². The summed E-state index contributed by atoms with van der Waals surface area (Å²) in [6.07, 6.45) is 7.21. The van der Waals surface area contributed by atoms with Gasteiger partial charge in [-0.15, -0.1) is 10.2 Å². The Morgan fingerprint density at radius 2 is 2.00 bits per heavy atom. The summed E-state index contributed by atoms with van der Waals surface area (Å²) >= 11 is 0. The van der Waals surface area contributed by atoms with E-state index in [2.05, 4.69) is 25.5 Å². The second-order valence-corrected chi connectivity index (χ2v) is 8.82. The van der Waals surface area contributed by atoms with E-state index in [1.165, 1.54) is 10.8 Å². The van der Waals surface area contributed by atoms with Crippen molar-refractivity contribution in [2.24, 2.45) is 7.05 Å². The number of rotatable bonds is 6. The SMILES string of the molecule is CC(C)n1cnnc1-c1cccc(NC(=O)c2cc(-c3ccc(C4CC4)nc3)c(=O)n(C)c2)n1. The average Bonchev–Trinajstić information content (AvgIpc) is 3.56. The van der Waals surface area contributed by atoms with Gasteiger partial charge in [0.15, 0.2) is 5.82 Å². The highest BCUT2D eigenvalue weighted by Gasteiger charge is 2.25. The van der Waals surface area contributed by atoms with E-state index in [1.54, 1.807) is 37.8 Å². The predicted octanol–water partition coefficient (Wildman–Crippen LogP) is 3.81. The molecule has 1 aliphatic carbocycles. The van der Waals surface area contributed by atoms with Crippen LogP contribution in [0.15, 0.2) is 59.9 Å². The summed E-state index contributed by atoms with van der Waals surface area (Å²) < 4.78 is 3.32. The molecule has 0 aliphatic heterocycles. The van der Waals surface area contributed by atoms with Crippen LogP contribution in [0.3, 0.4) is 0 Å². The summed E-state index contributed by atoms with van der Waals surface area (Å²) in [5.74, 6) is 1.17. The van der Waals surface area contributed by atoms with E-state index >= 15 is 0 Å². The lowest BCUT2D eigenvalue weighted by molar-refractivity contribution is 0.102. The third-order valence-corrected chi connectivity index (χ3v) is 5.89. The number of anilines is 1. The number of hydrogen-bond acceptors (Lipinski definition) is 6. The lowest BCUT2D eigenvalue weighted by Crippen LogP contribution is -2.22. The molecule has 0 atom stereocenters. The molecule has 4 aromatic heterocycles. The Hall–Kier alpha value is -4.14. The molecule has 0 unspecified atom stereocenters. The largest absolute Gasteiger partial charge is 0.317 e. The minimum Gasteiger partial charge on any atom is -0.317 e. The molecule has 0 spiro atoms. The number of aromatic nitrogens is 6. The van der Waals surface area contributed by atoms with Gasteiger partial charge in [-0.2, -0.15) is 0 Å². The molecule has 1 N–H and O–H groups in total. The average molecular weight is 456 g/mol. The zero-order valence-corrected chi connectivity index (χ0v) is 19.3. The Morgan fingerprint density at radius 1 is 1.18 bits per heavy atom. The van der Waals surface area contributed by atoms with Crippen LogP contribution in [0.4, 0.5) is 5.82 Å². The molecule has 0 bridgehead atoms. The second-order valence-electron chi connectivity index (χ2n) is 8.82. The van der Waals surface area contributed by atoms with E-state index in [9.17, 15) is 9.59 Å². The molecule has 172 valence electrons. The fourth-order valence-electron chi connectivity index (χ4n) is 3.85. The highest BCUT2D eigenvalue weighted by molar-refractivity contribution is 6.04. The van der Waals surface area contributed by atoms with Crippen molar-refractivity contribution in [2.45, 2.75) is 38.6 Å². The normalized spacial score (nSPS) is 13.3. The van der Waals surface area contributed by atoms with Crippen LogP contribution in [0.5, 0.6) is 0 Å². The Balaban J connectivity index is 1.42. The second kappa shape index (κ2) is 8.66. The van der Waals surface area contributed by atoms with Crippen LogP contribution < -0.4 is 10.9 Å². The summed E-state index contributed by atoms with van der Waals surface area (Å²) in [6.45, 7) is 4.06. The van der Waals surface area contributed by atoms with Gasteiger partial charge < -0.3 is 14.5 Å². The molecule has 34 heavy (non-hydrogen) atoms. The zero-order chi connectivity index (χ0) is 23.8. The molecule has 0 aromatic carbocycles. The Labute approximate surface area is 196 Å². The van der Waals surface area contributed by atoms with Crippen LogP contribution in [-0.4, -0.2) is 35.2 Å². The summed E-state index contributed by atoms with van der Waals surface area (Å²) in [7, 11) is 1.63. The fourth-order valence-corrected chi connectivity index (χ4v) is 3.85. The number of amides is 1. The molecule has 9 nitrogen and oxygen atoms in total. The van der Waals surface area contributed by atoms with Gasteiger partial charge in [0.05, 0.1) is 5.56 Å². The topological polar surface area (TPSA) is 108 Å². The predicted molar refractivity (Wildman–Crippen MR) is 128 cm³/mol. The molecular formula is C25H25N7O2. The van der Waals surface area contributed by atoms with Crippen molar-refractivity contribution in [3.05, 3.63) is 76.7 Å². The maximum absolute atomic E-state index is 13.1. The van der Waals surface area contributed by atoms with Gasteiger partial charge in [-0.05, 0) is 51.0 Å². The van der Waals surface area contributed by atoms with Crippen LogP contribution in [0.2, 0.25) is 0 Å². The Bertz CT molecular complexity index is 1420. The van der Waals surface area contributed by atoms with Crippen LogP contribution in [0.1, 0.15) is 54.7 Å². The fraction of sp³-hybridized carbons (Fsp3) is 0.280. The van der Waals surface area contributed by atoms with Gasteiger partial charge in [0.25, 0.3) is 11.5 Å². The van der Waals surface area contributed by atoms with Crippen molar-refractivity contribution in [3.63, 3.8) is 0 Å². The summed E-state index contributed by atoms with van der Waals surface area (Å²) in [6, 6.07) is 11.0. The molecule has 1 amide bonds. The van der Waals surface area contributed by atoms with Crippen LogP contribution in [-0.2, 0) is 7.05 Å². The summed E-state index contributed by atoms with van der Waals surface area (Å²) in [4.78, 5) is 34.9. The van der Waals surface area contributed by atoms with Crippen molar-refractivity contribution in [1.29, 1.82) is 0 Å². The van der Waals surface area contributed by atoms with Gasteiger partial charge in [-0.3, -0.25) is 14.6 Å². The minimum atomic E-state index is -0.366. The van der Waals surface area contributed by atoms with Crippen molar-refractivity contribution < 1.29 is 4.79 Å². The zero-order valence-electron chi connectivity index (χ0n) is 19.3. The van der Waals surface area contributed by atoms with E-state index in [1.807, 2.05) is 36.6 Å². The highest BCUT2D eigenvalue weighted by atomic mass is 16.2. The van der Waals surface area contributed by atoms with Gasteiger partial charge >= 0.3 is 0 Å². The highest BCUT2D eigenvalue weighted by Crippen LogP contribution is 2.39. The Kier molecular flexibility index (Phi) is 5.53. The van der Waals surface area contributed by atoms with Crippen molar-refractivity contribution in [3.8, 4) is 22.6 Å². The standard InChI is InChI=1S/C25H25N7O2/c1-15(2)32-14-27-30-23(32)21-5-4-6-22(28-21)29-24(33)18-11-19(25(34)31(3)13-18)17-9-10-20(26-12-17)16-7-8-16/h4-6,9-16H,7-8H2,1-3H3,(H,28,29,33). The van der Waals surface area contributed by atoms with Crippen molar-refractivity contribution in [2.75, 3.05) is 5.32 Å². The number of pyridine rings is 3. The van der Waals surface area contributed by atoms with Gasteiger partial charge in [0.1, 0.15) is 17.8 Å². The number of nitrogens with zero attached hydrogens (tertiary/aromatic N) is 6. The molecule has 5 rings (SSSR count). The molecule has 1 aliphatic rings. The molecule has 0 saturated heterocycles. The molecule has 4 aromatic rings. The monoisotopic (exact) mass is 455 g/mol. The maximum atomic E-state index is 13.1. The molecular weight excluding hydrogens is 430 g/mol. The molecule has 4 heterocycles. The van der Waals surface area contributed by atoms with E-state index < -0.39 is 0 Å². The number of hydrogen-bond donors (Lipinski definition) is 1. The van der Waals surface area contributed by atoms with Crippen molar-refractivity contribution >= 4 is 11.7 Å². The Morgan fingerprint density at radius 3 is 2.71 bits per heavy atom. The number of carbonyl (C=O) groups excluding carboxylic acids is 1. The third kappa shape index (κ3) is 4.24. The van der Waals surface area contributed by atoms with E-state index in [4.69, 9.17) is 0 Å². The molecule has 0 radical (unpaired) electrons. The maximum Gasteiger partial charge on any atom is 0.258 e. The lowest BCUT2D eigenvalue weighted by Gasteiger charge is -2.11. The quantitative estimate of drug-likeness (QED) is 0.474. The van der Waals surface area contributed by atoms with Crippen LogP contribution in [0.25, 0.3) is 22.6 Å². The first kappa shape index (κ1) is 21.7. The first-order chi connectivity index (χ1) is 16.4. The van der Waals surface area contributed by atoms with Gasteiger partial charge in [0, 0.05) is 48.2 Å². The number of carbonyl (C=O) groups is 1. The smallest absolute Gasteiger partial charge is 0.258 e. The van der Waals surface area contributed by atoms with Gasteiger partial charge in [-0.25, -0.2) is 4.98 Å². The van der Waals surface area contributed by atoms with Crippen molar-refractivity contribution in [1.82, 2.24) is 29.3 Å². The summed E-state index contributed by atoms with van der Waals surface area (Å²) in [5.41, 5.74) is 2.93. The van der Waals surface area contributed by atoms with Gasteiger partial charge in [0.2, 0.25) is 0 Å². The van der Waals surface area contributed by atoms with E-state index in [0.717, 1.165) is 18.5 Å². The van der Waals surface area contributed by atoms with Crippen LogP contribution in [0, 0.1) is 0 Å². The third-order valence-electron chi connectivity index (χ3n) is 5.89. The number of nitrogens with one attached hydrogen (secondary N) is 1. The molecule has 1 fully saturated rings.